The lowest BCUT2D eigenvalue weighted by Crippen LogP contribution is -2.28. The van der Waals surface area contributed by atoms with Gasteiger partial charge in [-0.05, 0) is 37.6 Å². The van der Waals surface area contributed by atoms with Crippen LogP contribution in [-0.2, 0) is 9.59 Å². The maximum absolute atomic E-state index is 12.3. The molecule has 2 aromatic carbocycles. The van der Waals surface area contributed by atoms with Crippen molar-refractivity contribution in [2.24, 2.45) is 4.99 Å². The summed E-state index contributed by atoms with van der Waals surface area (Å²) in [6, 6.07) is 12.1. The Morgan fingerprint density at radius 3 is 2.57 bits per heavy atom. The number of benzene rings is 2. The number of amides is 2. The van der Waals surface area contributed by atoms with Crippen LogP contribution in [0.2, 0.25) is 0 Å². The predicted octanol–water partition coefficient (Wildman–Crippen LogP) is 3.46. The summed E-state index contributed by atoms with van der Waals surface area (Å²) >= 11 is 1.16. The van der Waals surface area contributed by atoms with Gasteiger partial charge in [-0.3, -0.25) is 19.7 Å². The van der Waals surface area contributed by atoms with Gasteiger partial charge in [0.05, 0.1) is 10.6 Å². The number of aliphatic imine (C=N–C) groups is 1. The van der Waals surface area contributed by atoms with E-state index in [1.165, 1.54) is 12.1 Å². The zero-order valence-electron chi connectivity index (χ0n) is 15.3. The van der Waals surface area contributed by atoms with Crippen molar-refractivity contribution in [3.8, 4) is 0 Å². The maximum Gasteiger partial charge on any atom is 0.293 e. The fourth-order valence-corrected chi connectivity index (χ4v) is 3.58. The first kappa shape index (κ1) is 19.6. The molecule has 0 bridgehead atoms. The van der Waals surface area contributed by atoms with Crippen LogP contribution in [0.3, 0.4) is 0 Å². The van der Waals surface area contributed by atoms with Gasteiger partial charge in [0.25, 0.3) is 5.69 Å². The fourth-order valence-electron chi connectivity index (χ4n) is 2.60. The number of nitrogens with one attached hydrogen (secondary N) is 2. The number of anilines is 1. The summed E-state index contributed by atoms with van der Waals surface area (Å²) in [5.41, 5.74) is 2.45. The molecule has 0 radical (unpaired) electrons. The Morgan fingerprint density at radius 2 is 1.89 bits per heavy atom. The van der Waals surface area contributed by atoms with E-state index in [1.807, 2.05) is 31.2 Å². The third kappa shape index (κ3) is 4.74. The van der Waals surface area contributed by atoms with Gasteiger partial charge in [0.15, 0.2) is 5.17 Å². The van der Waals surface area contributed by atoms with Gasteiger partial charge in [-0.1, -0.05) is 35.5 Å². The number of rotatable bonds is 5. The Bertz CT molecular complexity index is 972. The number of nitro benzene ring substituents is 1. The second-order valence-corrected chi connectivity index (χ2v) is 7.57. The van der Waals surface area contributed by atoms with Crippen LogP contribution in [0.4, 0.5) is 17.1 Å². The highest BCUT2D eigenvalue weighted by atomic mass is 32.2. The summed E-state index contributed by atoms with van der Waals surface area (Å²) in [4.78, 5) is 39.4. The van der Waals surface area contributed by atoms with Crippen molar-refractivity contribution in [2.45, 2.75) is 25.5 Å². The molecule has 1 saturated heterocycles. The van der Waals surface area contributed by atoms with Crippen LogP contribution in [0, 0.1) is 24.0 Å². The Labute approximate surface area is 165 Å². The van der Waals surface area contributed by atoms with Crippen molar-refractivity contribution in [3.63, 3.8) is 0 Å². The quantitative estimate of drug-likeness (QED) is 0.591. The van der Waals surface area contributed by atoms with Crippen molar-refractivity contribution >= 4 is 45.8 Å². The van der Waals surface area contributed by atoms with E-state index in [4.69, 9.17) is 0 Å². The number of hydrogen-bond acceptors (Lipinski definition) is 6. The Morgan fingerprint density at radius 1 is 1.21 bits per heavy atom. The first-order valence-electron chi connectivity index (χ1n) is 8.49. The van der Waals surface area contributed by atoms with Gasteiger partial charge in [0.2, 0.25) is 11.8 Å². The van der Waals surface area contributed by atoms with E-state index in [2.05, 4.69) is 15.6 Å². The lowest BCUT2D eigenvalue weighted by atomic mass is 10.2. The predicted molar refractivity (Wildman–Crippen MR) is 109 cm³/mol. The largest absolute Gasteiger partial charge is 0.320 e. The summed E-state index contributed by atoms with van der Waals surface area (Å²) in [5, 5.41) is 16.1. The van der Waals surface area contributed by atoms with Crippen LogP contribution in [0.1, 0.15) is 17.5 Å². The van der Waals surface area contributed by atoms with Crippen molar-refractivity contribution in [2.75, 3.05) is 5.32 Å². The second kappa shape index (κ2) is 8.22. The van der Waals surface area contributed by atoms with Crippen molar-refractivity contribution in [1.29, 1.82) is 0 Å². The number of amidine groups is 1. The van der Waals surface area contributed by atoms with Crippen molar-refractivity contribution in [1.82, 2.24) is 5.32 Å². The lowest BCUT2D eigenvalue weighted by Gasteiger charge is -2.08. The Balaban J connectivity index is 1.66. The van der Waals surface area contributed by atoms with E-state index < -0.39 is 16.1 Å². The zero-order valence-corrected chi connectivity index (χ0v) is 16.1. The Kier molecular flexibility index (Phi) is 5.74. The Hall–Kier alpha value is -3.20. The average molecular weight is 398 g/mol. The highest BCUT2D eigenvalue weighted by Gasteiger charge is 2.32. The number of carbonyl (C=O) groups is 2. The van der Waals surface area contributed by atoms with Crippen LogP contribution in [0.15, 0.2) is 47.5 Å². The van der Waals surface area contributed by atoms with E-state index >= 15 is 0 Å². The molecule has 28 heavy (non-hydrogen) atoms. The van der Waals surface area contributed by atoms with Crippen molar-refractivity contribution in [3.05, 3.63) is 63.7 Å². The number of nitrogens with zero attached hydrogens (tertiary/aromatic N) is 2. The standard InChI is InChI=1S/C19H18N4O4S/c1-11-3-6-13(7-4-11)20-19-22-18(25)16(28-19)10-17(24)21-14-8-5-12(2)9-15(14)23(26)27/h3-9,16H,10H2,1-2H3,(H,21,24)(H,20,22,25)/t16-/m0/s1. The molecule has 0 saturated carbocycles. The average Bonchev–Trinajstić information content (AvgIpc) is 2.97. The summed E-state index contributed by atoms with van der Waals surface area (Å²) in [6.45, 7) is 3.70. The molecule has 3 rings (SSSR count). The molecule has 1 fully saturated rings. The maximum atomic E-state index is 12.3. The summed E-state index contributed by atoms with van der Waals surface area (Å²) in [5.74, 6) is -0.791. The monoisotopic (exact) mass is 398 g/mol. The number of nitro groups is 1. The molecule has 1 aliphatic rings. The first-order chi connectivity index (χ1) is 13.3. The van der Waals surface area contributed by atoms with Gasteiger partial charge in [-0.2, -0.15) is 0 Å². The molecule has 2 N–H and O–H groups in total. The molecule has 0 aromatic heterocycles. The number of hydrogen-bond donors (Lipinski definition) is 2. The number of carbonyl (C=O) groups excluding carboxylic acids is 2. The minimum atomic E-state index is -0.645. The molecule has 144 valence electrons. The third-order valence-electron chi connectivity index (χ3n) is 4.04. The topological polar surface area (TPSA) is 114 Å². The van der Waals surface area contributed by atoms with Gasteiger partial charge in [-0.15, -0.1) is 0 Å². The van der Waals surface area contributed by atoms with Gasteiger partial charge in [0.1, 0.15) is 10.9 Å². The molecule has 1 atom stereocenters. The van der Waals surface area contributed by atoms with Crippen molar-refractivity contribution < 1.29 is 14.5 Å². The minimum Gasteiger partial charge on any atom is -0.320 e. The highest BCUT2D eigenvalue weighted by Crippen LogP contribution is 2.28. The van der Waals surface area contributed by atoms with Crippen LogP contribution >= 0.6 is 11.8 Å². The van der Waals surface area contributed by atoms with E-state index in [9.17, 15) is 19.7 Å². The van der Waals surface area contributed by atoms with E-state index in [-0.39, 0.29) is 23.7 Å². The first-order valence-corrected chi connectivity index (χ1v) is 9.37. The zero-order chi connectivity index (χ0) is 20.3. The molecule has 2 amide bonds. The molecular weight excluding hydrogens is 380 g/mol. The molecule has 1 heterocycles. The molecule has 8 nitrogen and oxygen atoms in total. The normalized spacial score (nSPS) is 17.4. The molecule has 2 aromatic rings. The number of thioether (sulfide) groups is 1. The van der Waals surface area contributed by atoms with E-state index in [0.29, 0.717) is 16.4 Å². The summed E-state index contributed by atoms with van der Waals surface area (Å²) in [6.07, 6.45) is -0.117. The van der Waals surface area contributed by atoms with E-state index in [0.717, 1.165) is 17.3 Å². The van der Waals surface area contributed by atoms with Gasteiger partial charge in [-0.25, -0.2) is 4.99 Å². The summed E-state index contributed by atoms with van der Waals surface area (Å²) < 4.78 is 0. The molecule has 0 unspecified atom stereocenters. The minimum absolute atomic E-state index is 0.109. The van der Waals surface area contributed by atoms with Gasteiger partial charge < -0.3 is 10.6 Å². The van der Waals surface area contributed by atoms with Crippen LogP contribution in [0.5, 0.6) is 0 Å². The molecular formula is C19H18N4O4S. The lowest BCUT2D eigenvalue weighted by molar-refractivity contribution is -0.384. The second-order valence-electron chi connectivity index (χ2n) is 6.38. The SMILES string of the molecule is Cc1ccc(N=C2NC(=O)[C@H](CC(=O)Nc3ccc(C)cc3[N+](=O)[O-])S2)cc1. The molecule has 0 aliphatic carbocycles. The molecule has 1 aliphatic heterocycles. The number of aryl methyl sites for hydroxylation is 2. The van der Waals surface area contributed by atoms with Gasteiger partial charge in [0, 0.05) is 12.5 Å². The fraction of sp³-hybridized carbons (Fsp3) is 0.211. The van der Waals surface area contributed by atoms with Crippen LogP contribution < -0.4 is 10.6 Å². The molecule has 9 heteroatoms. The van der Waals surface area contributed by atoms with E-state index in [1.54, 1.807) is 13.0 Å². The molecule has 0 spiro atoms. The van der Waals surface area contributed by atoms with Gasteiger partial charge >= 0.3 is 0 Å². The highest BCUT2D eigenvalue weighted by molar-refractivity contribution is 8.15. The smallest absolute Gasteiger partial charge is 0.293 e. The summed E-state index contributed by atoms with van der Waals surface area (Å²) in [7, 11) is 0. The van der Waals surface area contributed by atoms with Crippen LogP contribution in [-0.4, -0.2) is 27.2 Å². The van der Waals surface area contributed by atoms with Crippen LogP contribution in [0.25, 0.3) is 0 Å². The third-order valence-corrected chi connectivity index (χ3v) is 5.12.